The molecule has 2 amide bonds. The Kier molecular flexibility index (Phi) is 6.44. The summed E-state index contributed by atoms with van der Waals surface area (Å²) in [7, 11) is 0. The van der Waals surface area contributed by atoms with Crippen molar-refractivity contribution in [1.29, 1.82) is 0 Å². The third-order valence-corrected chi connectivity index (χ3v) is 4.13. The van der Waals surface area contributed by atoms with Gasteiger partial charge in [0.25, 0.3) is 5.91 Å². The molecule has 0 aromatic heterocycles. The molecule has 0 aliphatic rings. The van der Waals surface area contributed by atoms with Gasteiger partial charge < -0.3 is 20.5 Å². The van der Waals surface area contributed by atoms with Crippen molar-refractivity contribution < 1.29 is 32.2 Å². The van der Waals surface area contributed by atoms with E-state index in [1.807, 2.05) is 0 Å². The molecule has 6 nitrogen and oxygen atoms in total. The first-order valence-electron chi connectivity index (χ1n) is 9.01. The van der Waals surface area contributed by atoms with E-state index < -0.39 is 18.2 Å². The highest BCUT2D eigenvalue weighted by Crippen LogP contribution is 2.26. The topological polar surface area (TPSA) is 90.7 Å². The van der Waals surface area contributed by atoms with Crippen LogP contribution in [0.25, 0.3) is 0 Å². The number of primary amides is 1. The van der Waals surface area contributed by atoms with Crippen LogP contribution >= 0.6 is 0 Å². The van der Waals surface area contributed by atoms with Crippen LogP contribution in [0.3, 0.4) is 0 Å². The summed E-state index contributed by atoms with van der Waals surface area (Å²) in [5.74, 6) is -0.467. The first-order valence-corrected chi connectivity index (χ1v) is 9.01. The van der Waals surface area contributed by atoms with Crippen LogP contribution in [0.15, 0.2) is 72.8 Å². The number of ether oxygens (including phenoxy) is 2. The molecule has 0 radical (unpaired) electrons. The number of rotatable bonds is 7. The molecule has 3 rings (SSSR count). The van der Waals surface area contributed by atoms with Gasteiger partial charge in [0.1, 0.15) is 17.2 Å². The van der Waals surface area contributed by atoms with E-state index >= 15 is 0 Å². The molecule has 0 atom stereocenters. The van der Waals surface area contributed by atoms with Gasteiger partial charge in [-0.1, -0.05) is 18.2 Å². The van der Waals surface area contributed by atoms with Crippen molar-refractivity contribution in [3.05, 3.63) is 89.5 Å². The van der Waals surface area contributed by atoms with Crippen LogP contribution in [0.5, 0.6) is 17.2 Å². The van der Waals surface area contributed by atoms with E-state index in [9.17, 15) is 22.8 Å². The fourth-order valence-corrected chi connectivity index (χ4v) is 2.65. The lowest BCUT2D eigenvalue weighted by Crippen LogP contribution is -2.24. The average Bonchev–Trinajstić information content (AvgIpc) is 2.73. The highest BCUT2D eigenvalue weighted by molar-refractivity contribution is 5.94. The third-order valence-electron chi connectivity index (χ3n) is 4.13. The zero-order valence-electron chi connectivity index (χ0n) is 16.0. The van der Waals surface area contributed by atoms with Gasteiger partial charge in [0, 0.05) is 23.2 Å². The highest BCUT2D eigenvalue weighted by Gasteiger charge is 2.32. The van der Waals surface area contributed by atoms with E-state index in [1.165, 1.54) is 42.5 Å². The molecule has 0 fully saturated rings. The largest absolute Gasteiger partial charge is 0.573 e. The number of amides is 2. The SMILES string of the molecule is NC(=O)c1ccc(Oc2ccc(C(=O)NCc3ccccc3OC(F)(F)F)cc2)cc1. The highest BCUT2D eigenvalue weighted by atomic mass is 19.4. The van der Waals surface area contributed by atoms with E-state index in [2.05, 4.69) is 10.1 Å². The molecule has 0 heterocycles. The van der Waals surface area contributed by atoms with Crippen LogP contribution < -0.4 is 20.5 Å². The maximum absolute atomic E-state index is 12.5. The first kappa shape index (κ1) is 21.7. The Hall–Kier alpha value is -4.01. The van der Waals surface area contributed by atoms with Crippen LogP contribution in [-0.2, 0) is 6.54 Å². The second kappa shape index (κ2) is 9.21. The number of alkyl halides is 3. The summed E-state index contributed by atoms with van der Waals surface area (Å²) in [6.45, 7) is -0.143. The average molecular weight is 430 g/mol. The molecule has 0 saturated heterocycles. The van der Waals surface area contributed by atoms with Gasteiger partial charge in [0.2, 0.25) is 5.91 Å². The number of hydrogen-bond donors (Lipinski definition) is 2. The van der Waals surface area contributed by atoms with E-state index in [1.54, 1.807) is 30.3 Å². The fourth-order valence-electron chi connectivity index (χ4n) is 2.65. The standard InChI is InChI=1S/C22H17F3N2O4/c23-22(24,25)31-19-4-2-1-3-16(19)13-27-21(29)15-7-11-18(12-8-15)30-17-9-5-14(6-10-17)20(26)28/h1-12H,13H2,(H2,26,28)(H,27,29). The summed E-state index contributed by atoms with van der Waals surface area (Å²) in [5.41, 5.74) is 6.02. The lowest BCUT2D eigenvalue weighted by atomic mass is 10.1. The summed E-state index contributed by atoms with van der Waals surface area (Å²) in [4.78, 5) is 23.4. The second-order valence-electron chi connectivity index (χ2n) is 6.35. The normalized spacial score (nSPS) is 10.9. The summed E-state index contributed by atoms with van der Waals surface area (Å²) in [6.07, 6.45) is -4.82. The molecule has 160 valence electrons. The van der Waals surface area contributed by atoms with Crippen molar-refractivity contribution in [3.8, 4) is 17.2 Å². The summed E-state index contributed by atoms with van der Waals surface area (Å²) < 4.78 is 47.1. The zero-order valence-corrected chi connectivity index (χ0v) is 16.0. The summed E-state index contributed by atoms with van der Waals surface area (Å²) >= 11 is 0. The van der Waals surface area contributed by atoms with Gasteiger partial charge in [-0.25, -0.2) is 0 Å². The van der Waals surface area contributed by atoms with Crippen LogP contribution in [0.1, 0.15) is 26.3 Å². The predicted molar refractivity (Wildman–Crippen MR) is 106 cm³/mol. The monoisotopic (exact) mass is 430 g/mol. The molecule has 9 heteroatoms. The summed E-state index contributed by atoms with van der Waals surface area (Å²) in [5, 5.41) is 2.56. The minimum atomic E-state index is -4.82. The minimum Gasteiger partial charge on any atom is -0.457 e. The van der Waals surface area contributed by atoms with Crippen molar-refractivity contribution >= 4 is 11.8 Å². The van der Waals surface area contributed by atoms with Gasteiger partial charge in [-0.2, -0.15) is 0 Å². The van der Waals surface area contributed by atoms with Crippen LogP contribution in [0, 0.1) is 0 Å². The molecule has 3 aromatic rings. The Balaban J connectivity index is 1.60. The molecule has 0 spiro atoms. The van der Waals surface area contributed by atoms with Crippen molar-refractivity contribution in [2.75, 3.05) is 0 Å². The molecule has 3 aromatic carbocycles. The Morgan fingerprint density at radius 1 is 0.839 bits per heavy atom. The van der Waals surface area contributed by atoms with Gasteiger partial charge in [0.05, 0.1) is 0 Å². The fraction of sp³-hybridized carbons (Fsp3) is 0.0909. The summed E-state index contributed by atoms with van der Waals surface area (Å²) in [6, 6.07) is 18.0. The van der Waals surface area contributed by atoms with Gasteiger partial charge >= 0.3 is 6.36 Å². The molecule has 3 N–H and O–H groups in total. The Morgan fingerprint density at radius 2 is 1.39 bits per heavy atom. The van der Waals surface area contributed by atoms with Gasteiger partial charge in [-0.15, -0.1) is 13.2 Å². The molecule has 0 aliphatic carbocycles. The van der Waals surface area contributed by atoms with E-state index in [0.29, 0.717) is 22.6 Å². The number of halogens is 3. The molecule has 31 heavy (non-hydrogen) atoms. The number of hydrogen-bond acceptors (Lipinski definition) is 4. The number of carbonyl (C=O) groups excluding carboxylic acids is 2. The molecule has 0 bridgehead atoms. The Labute approximate surface area is 175 Å². The van der Waals surface area contributed by atoms with Crippen LogP contribution in [0.4, 0.5) is 13.2 Å². The smallest absolute Gasteiger partial charge is 0.457 e. The maximum Gasteiger partial charge on any atom is 0.573 e. The van der Waals surface area contributed by atoms with E-state index in [0.717, 1.165) is 0 Å². The van der Waals surface area contributed by atoms with Gasteiger partial charge in [-0.3, -0.25) is 9.59 Å². The molecule has 0 aliphatic heterocycles. The lowest BCUT2D eigenvalue weighted by molar-refractivity contribution is -0.274. The number of benzene rings is 3. The third kappa shape index (κ3) is 6.23. The van der Waals surface area contributed by atoms with E-state index in [4.69, 9.17) is 10.5 Å². The molecular formula is C22H17F3N2O4. The van der Waals surface area contributed by atoms with E-state index in [-0.39, 0.29) is 17.9 Å². The quantitative estimate of drug-likeness (QED) is 0.581. The second-order valence-corrected chi connectivity index (χ2v) is 6.35. The Bertz CT molecular complexity index is 1070. The molecular weight excluding hydrogens is 413 g/mol. The predicted octanol–water partition coefficient (Wildman–Crippen LogP) is 4.41. The van der Waals surface area contributed by atoms with Crippen molar-refractivity contribution in [1.82, 2.24) is 5.32 Å². The van der Waals surface area contributed by atoms with Gasteiger partial charge in [-0.05, 0) is 54.6 Å². The number of nitrogens with one attached hydrogen (secondary N) is 1. The number of nitrogens with two attached hydrogens (primary N) is 1. The molecule has 0 saturated carbocycles. The van der Waals surface area contributed by atoms with Crippen LogP contribution in [0.2, 0.25) is 0 Å². The zero-order chi connectivity index (χ0) is 22.4. The maximum atomic E-state index is 12.5. The molecule has 0 unspecified atom stereocenters. The van der Waals surface area contributed by atoms with Gasteiger partial charge in [0.15, 0.2) is 0 Å². The minimum absolute atomic E-state index is 0.143. The van der Waals surface area contributed by atoms with Crippen molar-refractivity contribution in [2.45, 2.75) is 12.9 Å². The number of carbonyl (C=O) groups is 2. The number of para-hydroxylation sites is 1. The van der Waals surface area contributed by atoms with Crippen molar-refractivity contribution in [2.24, 2.45) is 5.73 Å². The first-order chi connectivity index (χ1) is 14.7. The lowest BCUT2D eigenvalue weighted by Gasteiger charge is -2.13. The van der Waals surface area contributed by atoms with Crippen LogP contribution in [-0.4, -0.2) is 18.2 Å². The Morgan fingerprint density at radius 3 is 1.94 bits per heavy atom. The van der Waals surface area contributed by atoms with Crippen molar-refractivity contribution in [3.63, 3.8) is 0 Å².